The number of aromatic nitrogens is 2. The summed E-state index contributed by atoms with van der Waals surface area (Å²) in [4.78, 5) is 30.1. The topological polar surface area (TPSA) is 67.7 Å². The van der Waals surface area contributed by atoms with Gasteiger partial charge in [0.15, 0.2) is 6.10 Å². The molecule has 7 nitrogen and oxygen atoms in total. The number of amides is 2. The number of rotatable bonds is 3. The standard InChI is InChI=1S/C24H24N4O3/c29-23(18-9-11-19(12-10-18)28-16-6-13-25-28)27-17-22(24(30)26-14-4-1-5-15-26)31-21-8-3-2-7-20(21)27/h2-3,6-13,16,22H,1,4-5,14-15,17H2/t22-/m1/s1. The Kier molecular flexibility index (Phi) is 5.16. The molecule has 0 aliphatic carbocycles. The van der Waals surface area contributed by atoms with Crippen molar-refractivity contribution < 1.29 is 14.3 Å². The van der Waals surface area contributed by atoms with Crippen LogP contribution in [0.5, 0.6) is 5.75 Å². The zero-order valence-corrected chi connectivity index (χ0v) is 17.2. The van der Waals surface area contributed by atoms with E-state index in [1.54, 1.807) is 27.9 Å². The van der Waals surface area contributed by atoms with Crippen LogP contribution in [0, 0.1) is 0 Å². The lowest BCUT2D eigenvalue weighted by atomic mass is 10.1. The first-order valence-corrected chi connectivity index (χ1v) is 10.7. The summed E-state index contributed by atoms with van der Waals surface area (Å²) in [6.45, 7) is 1.71. The predicted octanol–water partition coefficient (Wildman–Crippen LogP) is 3.29. The van der Waals surface area contributed by atoms with Crippen LogP contribution in [0.2, 0.25) is 0 Å². The van der Waals surface area contributed by atoms with Gasteiger partial charge in [-0.15, -0.1) is 0 Å². The number of fused-ring (bicyclic) bond motifs is 1. The quantitative estimate of drug-likeness (QED) is 0.657. The van der Waals surface area contributed by atoms with Gasteiger partial charge in [-0.25, -0.2) is 4.68 Å². The van der Waals surface area contributed by atoms with Crippen molar-refractivity contribution >= 4 is 17.5 Å². The molecule has 2 aliphatic heterocycles. The Hall–Kier alpha value is -3.61. The zero-order valence-electron chi connectivity index (χ0n) is 17.2. The van der Waals surface area contributed by atoms with E-state index in [0.717, 1.165) is 38.0 Å². The molecule has 0 N–H and O–H groups in total. The molecule has 5 rings (SSSR count). The molecule has 1 saturated heterocycles. The van der Waals surface area contributed by atoms with Crippen molar-refractivity contribution in [1.29, 1.82) is 0 Å². The van der Waals surface area contributed by atoms with Gasteiger partial charge in [-0.05, 0) is 61.7 Å². The summed E-state index contributed by atoms with van der Waals surface area (Å²) in [6.07, 6.45) is 6.05. The lowest BCUT2D eigenvalue weighted by molar-refractivity contribution is -0.139. The van der Waals surface area contributed by atoms with E-state index in [1.807, 2.05) is 53.6 Å². The van der Waals surface area contributed by atoms with Crippen LogP contribution >= 0.6 is 0 Å². The Labute approximate surface area is 180 Å². The average molecular weight is 416 g/mol. The molecule has 0 unspecified atom stereocenters. The number of nitrogens with zero attached hydrogens (tertiary/aromatic N) is 4. The fraction of sp³-hybridized carbons (Fsp3) is 0.292. The molecular weight excluding hydrogens is 392 g/mol. The van der Waals surface area contributed by atoms with Crippen LogP contribution in [0.15, 0.2) is 67.0 Å². The highest BCUT2D eigenvalue weighted by molar-refractivity contribution is 6.08. The van der Waals surface area contributed by atoms with Gasteiger partial charge in [-0.3, -0.25) is 9.59 Å². The number of anilines is 1. The second kappa shape index (κ2) is 8.26. The van der Waals surface area contributed by atoms with Crippen LogP contribution < -0.4 is 9.64 Å². The molecule has 0 radical (unpaired) electrons. The molecule has 1 fully saturated rings. The number of hydrogen-bond donors (Lipinski definition) is 0. The van der Waals surface area contributed by atoms with E-state index in [2.05, 4.69) is 5.10 Å². The van der Waals surface area contributed by atoms with Crippen LogP contribution in [0.4, 0.5) is 5.69 Å². The number of hydrogen-bond acceptors (Lipinski definition) is 4. The minimum absolute atomic E-state index is 0.0407. The highest BCUT2D eigenvalue weighted by atomic mass is 16.5. The molecule has 1 atom stereocenters. The Morgan fingerprint density at radius 3 is 2.45 bits per heavy atom. The van der Waals surface area contributed by atoms with Crippen molar-refractivity contribution in [2.75, 3.05) is 24.5 Å². The van der Waals surface area contributed by atoms with Crippen LogP contribution in [-0.2, 0) is 4.79 Å². The van der Waals surface area contributed by atoms with E-state index in [4.69, 9.17) is 4.74 Å². The van der Waals surface area contributed by atoms with E-state index in [1.165, 1.54) is 0 Å². The molecule has 0 saturated carbocycles. The minimum Gasteiger partial charge on any atom is -0.476 e. The van der Waals surface area contributed by atoms with Gasteiger partial charge in [-0.2, -0.15) is 5.10 Å². The maximum atomic E-state index is 13.4. The fourth-order valence-electron chi connectivity index (χ4n) is 4.21. The Bertz CT molecular complexity index is 1070. The lowest BCUT2D eigenvalue weighted by Crippen LogP contribution is -2.52. The molecule has 3 aromatic rings. The number of carbonyl (C=O) groups is 2. The second-order valence-corrected chi connectivity index (χ2v) is 7.87. The molecule has 7 heteroatoms. The van der Waals surface area contributed by atoms with Gasteiger partial charge in [0.05, 0.1) is 17.9 Å². The third-order valence-corrected chi connectivity index (χ3v) is 5.85. The van der Waals surface area contributed by atoms with Crippen molar-refractivity contribution in [2.45, 2.75) is 25.4 Å². The second-order valence-electron chi connectivity index (χ2n) is 7.87. The number of carbonyl (C=O) groups excluding carboxylic acids is 2. The number of para-hydroxylation sites is 2. The van der Waals surface area contributed by atoms with Crippen LogP contribution in [-0.4, -0.2) is 52.2 Å². The Morgan fingerprint density at radius 1 is 0.935 bits per heavy atom. The summed E-state index contributed by atoms with van der Waals surface area (Å²) in [5.74, 6) is 0.367. The normalized spacial score (nSPS) is 18.3. The molecule has 1 aromatic heterocycles. The van der Waals surface area contributed by atoms with Crippen molar-refractivity contribution in [3.63, 3.8) is 0 Å². The number of piperidine rings is 1. The third-order valence-electron chi connectivity index (χ3n) is 5.85. The van der Waals surface area contributed by atoms with Gasteiger partial charge in [-0.1, -0.05) is 12.1 Å². The van der Waals surface area contributed by atoms with Crippen LogP contribution in [0.3, 0.4) is 0 Å². The minimum atomic E-state index is -0.694. The first-order valence-electron chi connectivity index (χ1n) is 10.7. The van der Waals surface area contributed by atoms with Gasteiger partial charge in [0.1, 0.15) is 5.75 Å². The third kappa shape index (κ3) is 3.79. The van der Waals surface area contributed by atoms with Crippen LogP contribution in [0.1, 0.15) is 29.6 Å². The fourth-order valence-corrected chi connectivity index (χ4v) is 4.21. The van der Waals surface area contributed by atoms with Gasteiger partial charge in [0.2, 0.25) is 0 Å². The van der Waals surface area contributed by atoms with E-state index >= 15 is 0 Å². The van der Waals surface area contributed by atoms with E-state index in [0.29, 0.717) is 17.0 Å². The molecule has 3 heterocycles. The maximum absolute atomic E-state index is 13.4. The first-order chi connectivity index (χ1) is 15.2. The molecule has 2 aromatic carbocycles. The van der Waals surface area contributed by atoms with Gasteiger partial charge in [0.25, 0.3) is 11.8 Å². The van der Waals surface area contributed by atoms with Gasteiger partial charge in [0, 0.05) is 31.0 Å². The maximum Gasteiger partial charge on any atom is 0.265 e. The largest absolute Gasteiger partial charge is 0.476 e. The number of benzene rings is 2. The highest BCUT2D eigenvalue weighted by Crippen LogP contribution is 2.34. The smallest absolute Gasteiger partial charge is 0.265 e. The highest BCUT2D eigenvalue weighted by Gasteiger charge is 2.36. The molecule has 2 aliphatic rings. The van der Waals surface area contributed by atoms with Crippen molar-refractivity contribution in [1.82, 2.24) is 14.7 Å². The zero-order chi connectivity index (χ0) is 21.2. The SMILES string of the molecule is O=C([C@H]1CN(C(=O)c2ccc(-n3cccn3)cc2)c2ccccc2O1)N1CCCCC1. The molecule has 0 bridgehead atoms. The molecule has 2 amide bonds. The molecule has 0 spiro atoms. The van der Waals surface area contributed by atoms with Crippen molar-refractivity contribution in [3.8, 4) is 11.4 Å². The molecule has 158 valence electrons. The monoisotopic (exact) mass is 416 g/mol. The number of likely N-dealkylation sites (tertiary alicyclic amines) is 1. The summed E-state index contributed by atoms with van der Waals surface area (Å²) in [5.41, 5.74) is 2.12. The summed E-state index contributed by atoms with van der Waals surface area (Å²) in [5, 5.41) is 4.22. The van der Waals surface area contributed by atoms with E-state index in [9.17, 15) is 9.59 Å². The van der Waals surface area contributed by atoms with Crippen LogP contribution in [0.25, 0.3) is 5.69 Å². The van der Waals surface area contributed by atoms with Crippen molar-refractivity contribution in [3.05, 3.63) is 72.6 Å². The predicted molar refractivity (Wildman–Crippen MR) is 117 cm³/mol. The van der Waals surface area contributed by atoms with Gasteiger partial charge >= 0.3 is 0 Å². The average Bonchev–Trinajstić information content (AvgIpc) is 3.38. The summed E-state index contributed by atoms with van der Waals surface area (Å²) in [6, 6.07) is 16.6. The Morgan fingerprint density at radius 2 is 1.71 bits per heavy atom. The number of ether oxygens (including phenoxy) is 1. The Balaban J connectivity index is 1.41. The first kappa shape index (κ1) is 19.4. The van der Waals surface area contributed by atoms with Gasteiger partial charge < -0.3 is 14.5 Å². The van der Waals surface area contributed by atoms with E-state index in [-0.39, 0.29) is 18.4 Å². The van der Waals surface area contributed by atoms with E-state index < -0.39 is 6.10 Å². The summed E-state index contributed by atoms with van der Waals surface area (Å²) in [7, 11) is 0. The molecular formula is C24H24N4O3. The lowest BCUT2D eigenvalue weighted by Gasteiger charge is -2.37. The summed E-state index contributed by atoms with van der Waals surface area (Å²) >= 11 is 0. The van der Waals surface area contributed by atoms with Crippen molar-refractivity contribution in [2.24, 2.45) is 0 Å². The molecule has 31 heavy (non-hydrogen) atoms. The summed E-state index contributed by atoms with van der Waals surface area (Å²) < 4.78 is 7.78.